The molecule has 96 valence electrons. The average molecular weight is 283 g/mol. The van der Waals surface area contributed by atoms with Crippen LogP contribution < -0.4 is 10.4 Å². The molecule has 3 heterocycles. The summed E-state index contributed by atoms with van der Waals surface area (Å²) in [5.41, 5.74) is 2.06. The van der Waals surface area contributed by atoms with Crippen LogP contribution >= 0.6 is 11.6 Å². The second-order valence-electron chi connectivity index (χ2n) is 4.08. The molecule has 0 spiro atoms. The Labute approximate surface area is 120 Å². The van der Waals surface area contributed by atoms with Gasteiger partial charge in [0, 0.05) is 11.7 Å². The van der Waals surface area contributed by atoms with E-state index in [1.165, 1.54) is 11.1 Å². The van der Waals surface area contributed by atoms with Gasteiger partial charge in [0.25, 0.3) is 0 Å². The first kappa shape index (κ1) is 12.6. The van der Waals surface area contributed by atoms with Gasteiger partial charge in [-0.1, -0.05) is 11.6 Å². The van der Waals surface area contributed by atoms with Crippen LogP contribution in [0.5, 0.6) is 0 Å². The van der Waals surface area contributed by atoms with Crippen LogP contribution in [0.15, 0.2) is 35.7 Å². The Kier molecular flexibility index (Phi) is 3.10. The molecule has 3 rings (SSSR count). The lowest BCUT2D eigenvalue weighted by Crippen LogP contribution is -2.51. The van der Waals surface area contributed by atoms with Gasteiger partial charge in [0.1, 0.15) is 16.9 Å². The van der Waals surface area contributed by atoms with E-state index in [9.17, 15) is 5.02 Å². The first-order valence-electron chi connectivity index (χ1n) is 5.72. The zero-order valence-corrected chi connectivity index (χ0v) is 10.9. The van der Waals surface area contributed by atoms with Crippen LogP contribution in [-0.4, -0.2) is 28.3 Å². The summed E-state index contributed by atoms with van der Waals surface area (Å²) < 4.78 is 0. The van der Waals surface area contributed by atoms with Crippen molar-refractivity contribution in [2.45, 2.75) is 0 Å². The van der Waals surface area contributed by atoms with Gasteiger partial charge in [-0.3, -0.25) is 4.92 Å². The fourth-order valence-electron chi connectivity index (χ4n) is 1.94. The van der Waals surface area contributed by atoms with E-state index in [0.29, 0.717) is 16.8 Å². The maximum Gasteiger partial charge on any atom is 0.474 e. The zero-order valence-electron chi connectivity index (χ0n) is 10.1. The maximum absolute atomic E-state index is 10.4. The number of nitriles is 1. The Morgan fingerprint density at radius 3 is 2.85 bits per heavy atom. The zero-order chi connectivity index (χ0) is 14.1. The van der Waals surface area contributed by atoms with E-state index in [0.717, 1.165) is 5.56 Å². The van der Waals surface area contributed by atoms with E-state index >= 15 is 0 Å². The minimum absolute atomic E-state index is 0.229. The largest absolute Gasteiger partial charge is 0.474 e. The molecule has 0 aromatic carbocycles. The molecule has 0 unspecified atom stereocenters. The Hall–Kier alpha value is -2.43. The molecule has 0 radical (unpaired) electrons. The number of hydrogen-bond acceptors (Lipinski definition) is 6. The lowest BCUT2D eigenvalue weighted by atomic mass is 9.70. The number of hydrazone groups is 1. The summed E-state index contributed by atoms with van der Waals surface area (Å²) in [6.45, 7) is 0. The molecule has 1 aliphatic rings. The van der Waals surface area contributed by atoms with Crippen molar-refractivity contribution in [3.63, 3.8) is 0 Å². The number of anilines is 1. The minimum Gasteiger partial charge on any atom is -0.427 e. The summed E-state index contributed by atoms with van der Waals surface area (Å²) >= 11 is 6.02. The van der Waals surface area contributed by atoms with E-state index in [1.54, 1.807) is 30.6 Å². The lowest BCUT2D eigenvalue weighted by molar-refractivity contribution is 0.578. The van der Waals surface area contributed by atoms with Gasteiger partial charge in [-0.05, 0) is 23.8 Å². The molecule has 2 aromatic heterocycles. The third kappa shape index (κ3) is 2.01. The molecule has 0 atom stereocenters. The monoisotopic (exact) mass is 283 g/mol. The van der Waals surface area contributed by atoms with Crippen molar-refractivity contribution in [3.05, 3.63) is 47.0 Å². The van der Waals surface area contributed by atoms with Crippen molar-refractivity contribution in [2.24, 2.45) is 5.10 Å². The summed E-state index contributed by atoms with van der Waals surface area (Å²) in [6, 6.07) is 6.86. The van der Waals surface area contributed by atoms with Crippen molar-refractivity contribution in [2.75, 3.05) is 4.92 Å². The van der Waals surface area contributed by atoms with Crippen LogP contribution in [-0.2, 0) is 0 Å². The molecule has 0 saturated carbocycles. The van der Waals surface area contributed by atoms with Gasteiger partial charge >= 0.3 is 7.05 Å². The summed E-state index contributed by atoms with van der Waals surface area (Å²) in [5.74, 6) is 0. The van der Waals surface area contributed by atoms with E-state index in [4.69, 9.17) is 16.9 Å². The highest BCUT2D eigenvalue weighted by Crippen LogP contribution is 2.19. The Morgan fingerprint density at radius 1 is 1.30 bits per heavy atom. The molecule has 8 heteroatoms. The van der Waals surface area contributed by atoms with Gasteiger partial charge in [0.15, 0.2) is 0 Å². The third-order valence-corrected chi connectivity index (χ3v) is 3.21. The average Bonchev–Trinajstić information content (AvgIpc) is 2.48. The number of hydrogen-bond donors (Lipinski definition) is 1. The fraction of sp³-hybridized carbons (Fsp3) is 0. The minimum atomic E-state index is -1.05. The predicted molar refractivity (Wildman–Crippen MR) is 75.9 cm³/mol. The van der Waals surface area contributed by atoms with Gasteiger partial charge in [-0.2, -0.15) is 10.4 Å². The number of pyridine rings is 2. The highest BCUT2D eigenvalue weighted by Gasteiger charge is 2.33. The van der Waals surface area contributed by atoms with E-state index in [1.807, 2.05) is 6.07 Å². The molecule has 1 N–H and O–H groups in total. The van der Waals surface area contributed by atoms with Crippen LogP contribution in [0.3, 0.4) is 0 Å². The second kappa shape index (κ2) is 4.92. The molecule has 0 bridgehead atoms. The summed E-state index contributed by atoms with van der Waals surface area (Å²) in [5, 5.41) is 23.5. The number of rotatable bonds is 1. The normalized spacial score (nSPS) is 13.1. The predicted octanol–water partition coefficient (Wildman–Crippen LogP) is 0.543. The summed E-state index contributed by atoms with van der Waals surface area (Å²) in [7, 11) is -1.05. The Bertz CT molecular complexity index is 728. The van der Waals surface area contributed by atoms with Gasteiger partial charge in [0.2, 0.25) is 0 Å². The van der Waals surface area contributed by atoms with Crippen LogP contribution in [0.1, 0.15) is 11.3 Å². The second-order valence-corrected chi connectivity index (χ2v) is 4.44. The maximum atomic E-state index is 10.4. The van der Waals surface area contributed by atoms with Crippen LogP contribution in [0.2, 0.25) is 5.15 Å². The molecule has 0 amide bonds. The van der Waals surface area contributed by atoms with Crippen molar-refractivity contribution in [1.29, 1.82) is 5.26 Å². The Morgan fingerprint density at radius 2 is 2.15 bits per heavy atom. The van der Waals surface area contributed by atoms with Crippen molar-refractivity contribution >= 4 is 36.0 Å². The molecule has 1 aliphatic heterocycles. The standard InChI is InChI=1S/C12H7BClN5O/c14-12-11-8(3-4-16-12)6-18-19(13(11)20)10-2-1-9(5-15)17-7-10/h1-4,6-7,20H. The molecule has 2 aromatic rings. The van der Waals surface area contributed by atoms with E-state index in [2.05, 4.69) is 15.1 Å². The van der Waals surface area contributed by atoms with Gasteiger partial charge < -0.3 is 5.02 Å². The fourth-order valence-corrected chi connectivity index (χ4v) is 2.20. The SMILES string of the molecule is N#Cc1ccc(N2N=Cc3ccnc(Cl)c3B2O)cn1. The van der Waals surface area contributed by atoms with Crippen molar-refractivity contribution in [3.8, 4) is 6.07 Å². The quantitative estimate of drug-likeness (QED) is 0.610. The number of fused-ring (bicyclic) bond motifs is 1. The topological polar surface area (TPSA) is 85.4 Å². The number of nitrogens with zero attached hydrogens (tertiary/aromatic N) is 5. The van der Waals surface area contributed by atoms with E-state index < -0.39 is 7.05 Å². The van der Waals surface area contributed by atoms with Crippen LogP contribution in [0.4, 0.5) is 5.69 Å². The highest BCUT2D eigenvalue weighted by molar-refractivity contribution is 6.74. The molecule has 0 aliphatic carbocycles. The van der Waals surface area contributed by atoms with Gasteiger partial charge in [-0.25, -0.2) is 9.97 Å². The molecular formula is C12H7BClN5O. The van der Waals surface area contributed by atoms with Crippen molar-refractivity contribution < 1.29 is 5.02 Å². The first-order valence-corrected chi connectivity index (χ1v) is 6.10. The third-order valence-electron chi connectivity index (χ3n) is 2.91. The smallest absolute Gasteiger partial charge is 0.427 e. The number of halogens is 1. The molecule has 0 fully saturated rings. The summed E-state index contributed by atoms with van der Waals surface area (Å²) in [4.78, 5) is 9.27. The van der Waals surface area contributed by atoms with Gasteiger partial charge in [-0.15, -0.1) is 0 Å². The van der Waals surface area contributed by atoms with Gasteiger partial charge in [0.05, 0.1) is 18.1 Å². The molecule has 20 heavy (non-hydrogen) atoms. The van der Waals surface area contributed by atoms with Crippen LogP contribution in [0.25, 0.3) is 0 Å². The molecule has 0 saturated heterocycles. The Balaban J connectivity index is 2.01. The molecular weight excluding hydrogens is 276 g/mol. The highest BCUT2D eigenvalue weighted by atomic mass is 35.5. The van der Waals surface area contributed by atoms with E-state index in [-0.39, 0.29) is 5.15 Å². The summed E-state index contributed by atoms with van der Waals surface area (Å²) in [6.07, 6.45) is 4.61. The lowest BCUT2D eigenvalue weighted by Gasteiger charge is -2.26. The molecule has 6 nitrogen and oxygen atoms in total. The van der Waals surface area contributed by atoms with Crippen molar-refractivity contribution in [1.82, 2.24) is 9.97 Å². The number of aromatic nitrogens is 2. The first-order chi connectivity index (χ1) is 9.70. The van der Waals surface area contributed by atoms with Crippen LogP contribution in [0, 0.1) is 11.3 Å².